The lowest BCUT2D eigenvalue weighted by Crippen LogP contribution is -2.57. The molecule has 0 saturated carbocycles. The van der Waals surface area contributed by atoms with Crippen LogP contribution in [-0.4, -0.2) is 45.2 Å². The molecule has 1 aliphatic heterocycles. The van der Waals surface area contributed by atoms with Gasteiger partial charge in [0.25, 0.3) is 5.91 Å². The lowest BCUT2D eigenvalue weighted by Gasteiger charge is -2.42. The first-order valence-corrected chi connectivity index (χ1v) is 9.35. The summed E-state index contributed by atoms with van der Waals surface area (Å²) < 4.78 is 28.1. The van der Waals surface area contributed by atoms with Gasteiger partial charge in [-0.25, -0.2) is 13.8 Å². The summed E-state index contributed by atoms with van der Waals surface area (Å²) in [5.74, 6) is -2.05. The van der Waals surface area contributed by atoms with Gasteiger partial charge in [-0.3, -0.25) is 9.59 Å². The van der Waals surface area contributed by atoms with E-state index in [-0.39, 0.29) is 30.2 Å². The fourth-order valence-corrected chi connectivity index (χ4v) is 3.44. The molecular weight excluding hydrogens is 378 g/mol. The highest BCUT2D eigenvalue weighted by molar-refractivity contribution is 5.95. The number of nitrogens with one attached hydrogen (secondary N) is 1. The Labute approximate surface area is 166 Å². The first kappa shape index (κ1) is 19.0. The summed E-state index contributed by atoms with van der Waals surface area (Å²) in [4.78, 5) is 30.5. The molecular formula is C21H20F2N4O2. The zero-order chi connectivity index (χ0) is 20.5. The summed E-state index contributed by atoms with van der Waals surface area (Å²) in [6.45, 7) is 2.95. The SMILES string of the molecule is CC(NC(=O)c1ccn2cncc2c1)C1CN(C(=O)Cc2ccc(F)c(F)c2)C1. The van der Waals surface area contributed by atoms with E-state index in [1.807, 2.05) is 11.3 Å². The number of benzene rings is 1. The lowest BCUT2D eigenvalue weighted by molar-refractivity contribution is -0.137. The van der Waals surface area contributed by atoms with Crippen molar-refractivity contribution >= 4 is 17.3 Å². The number of nitrogens with zero attached hydrogens (tertiary/aromatic N) is 3. The van der Waals surface area contributed by atoms with E-state index in [0.29, 0.717) is 24.2 Å². The fraction of sp³-hybridized carbons (Fsp3) is 0.286. The molecule has 2 amide bonds. The average Bonchev–Trinajstić information content (AvgIpc) is 3.11. The summed E-state index contributed by atoms with van der Waals surface area (Å²) >= 11 is 0. The Bertz CT molecular complexity index is 1080. The van der Waals surface area contributed by atoms with Crippen molar-refractivity contribution < 1.29 is 18.4 Å². The van der Waals surface area contributed by atoms with Gasteiger partial charge in [0, 0.05) is 36.8 Å². The highest BCUT2D eigenvalue weighted by Crippen LogP contribution is 2.21. The average molecular weight is 398 g/mol. The van der Waals surface area contributed by atoms with Crippen molar-refractivity contribution in [3.63, 3.8) is 0 Å². The van der Waals surface area contributed by atoms with Crippen molar-refractivity contribution in [2.75, 3.05) is 13.1 Å². The number of fused-ring (bicyclic) bond motifs is 1. The Morgan fingerprint density at radius 2 is 2.00 bits per heavy atom. The number of pyridine rings is 1. The Morgan fingerprint density at radius 3 is 2.76 bits per heavy atom. The third kappa shape index (κ3) is 3.96. The van der Waals surface area contributed by atoms with Crippen LogP contribution in [0, 0.1) is 17.6 Å². The first-order chi connectivity index (χ1) is 13.9. The summed E-state index contributed by atoms with van der Waals surface area (Å²) in [6, 6.07) is 6.88. The van der Waals surface area contributed by atoms with E-state index in [9.17, 15) is 18.4 Å². The number of amides is 2. The normalized spacial score (nSPS) is 15.2. The minimum atomic E-state index is -0.956. The quantitative estimate of drug-likeness (QED) is 0.718. The summed E-state index contributed by atoms with van der Waals surface area (Å²) in [5.41, 5.74) is 1.83. The van der Waals surface area contributed by atoms with Crippen molar-refractivity contribution in [2.45, 2.75) is 19.4 Å². The number of likely N-dealkylation sites (tertiary alicyclic amines) is 1. The van der Waals surface area contributed by atoms with Gasteiger partial charge in [0.05, 0.1) is 24.5 Å². The van der Waals surface area contributed by atoms with Crippen LogP contribution in [0.5, 0.6) is 0 Å². The third-order valence-electron chi connectivity index (χ3n) is 5.34. The standard InChI is InChI=1S/C21H20F2N4O2/c1-13(25-21(29)15-4-5-26-12-24-9-17(26)8-15)16-10-27(11-16)20(28)7-14-2-3-18(22)19(23)6-14/h2-6,8-9,12-13,16H,7,10-11H2,1H3,(H,25,29). The first-order valence-electron chi connectivity index (χ1n) is 9.35. The maximum Gasteiger partial charge on any atom is 0.251 e. The maximum absolute atomic E-state index is 13.3. The van der Waals surface area contributed by atoms with Crippen LogP contribution >= 0.6 is 0 Å². The second-order valence-electron chi connectivity index (χ2n) is 7.39. The molecule has 0 radical (unpaired) electrons. The zero-order valence-corrected chi connectivity index (χ0v) is 15.8. The highest BCUT2D eigenvalue weighted by atomic mass is 19.2. The van der Waals surface area contributed by atoms with Crippen LogP contribution in [0.25, 0.3) is 5.52 Å². The Kier molecular flexibility index (Phi) is 5.00. The topological polar surface area (TPSA) is 66.7 Å². The van der Waals surface area contributed by atoms with Gasteiger partial charge < -0.3 is 14.6 Å². The molecule has 6 nitrogen and oxygen atoms in total. The van der Waals surface area contributed by atoms with Crippen LogP contribution in [0.15, 0.2) is 49.1 Å². The van der Waals surface area contributed by atoms with E-state index in [1.54, 1.807) is 35.8 Å². The van der Waals surface area contributed by atoms with Crippen molar-refractivity contribution in [1.29, 1.82) is 0 Å². The zero-order valence-electron chi connectivity index (χ0n) is 15.8. The number of aromatic nitrogens is 2. The van der Waals surface area contributed by atoms with E-state index in [1.165, 1.54) is 6.07 Å². The molecule has 1 fully saturated rings. The lowest BCUT2D eigenvalue weighted by atomic mass is 9.91. The van der Waals surface area contributed by atoms with Crippen molar-refractivity contribution in [3.8, 4) is 0 Å². The number of hydrogen-bond donors (Lipinski definition) is 1. The van der Waals surface area contributed by atoms with Gasteiger partial charge in [0.15, 0.2) is 11.6 Å². The molecule has 3 heterocycles. The van der Waals surface area contributed by atoms with Gasteiger partial charge in [-0.1, -0.05) is 6.07 Å². The van der Waals surface area contributed by atoms with E-state index in [2.05, 4.69) is 10.3 Å². The molecule has 0 spiro atoms. The number of carbonyl (C=O) groups is 2. The molecule has 1 N–H and O–H groups in total. The second kappa shape index (κ2) is 7.62. The smallest absolute Gasteiger partial charge is 0.251 e. The monoisotopic (exact) mass is 398 g/mol. The Morgan fingerprint density at radius 1 is 1.21 bits per heavy atom. The van der Waals surface area contributed by atoms with Crippen LogP contribution in [0.4, 0.5) is 8.78 Å². The molecule has 1 saturated heterocycles. The number of carbonyl (C=O) groups excluding carboxylic acids is 2. The maximum atomic E-state index is 13.3. The number of rotatable bonds is 5. The fourth-order valence-electron chi connectivity index (χ4n) is 3.44. The van der Waals surface area contributed by atoms with Crippen molar-refractivity contribution in [3.05, 3.63) is 71.8 Å². The molecule has 1 unspecified atom stereocenters. The second-order valence-corrected chi connectivity index (χ2v) is 7.39. The minimum Gasteiger partial charge on any atom is -0.349 e. The molecule has 2 aromatic heterocycles. The number of halogens is 2. The predicted octanol–water partition coefficient (Wildman–Crippen LogP) is 2.43. The third-order valence-corrected chi connectivity index (χ3v) is 5.34. The molecule has 1 aliphatic rings. The van der Waals surface area contributed by atoms with Gasteiger partial charge in [-0.05, 0) is 36.8 Å². The Balaban J connectivity index is 1.29. The number of hydrogen-bond acceptors (Lipinski definition) is 3. The van der Waals surface area contributed by atoms with Gasteiger partial charge in [0.2, 0.25) is 5.91 Å². The van der Waals surface area contributed by atoms with Gasteiger partial charge in [-0.15, -0.1) is 0 Å². The number of imidazole rings is 1. The molecule has 3 aromatic rings. The summed E-state index contributed by atoms with van der Waals surface area (Å²) in [5, 5.41) is 2.98. The molecule has 29 heavy (non-hydrogen) atoms. The van der Waals surface area contributed by atoms with E-state index in [4.69, 9.17) is 0 Å². The molecule has 150 valence electrons. The molecule has 0 bridgehead atoms. The molecule has 1 aromatic carbocycles. The molecule has 4 rings (SSSR count). The summed E-state index contributed by atoms with van der Waals surface area (Å²) in [6.07, 6.45) is 5.16. The Hall–Kier alpha value is -3.29. The molecule has 0 aliphatic carbocycles. The van der Waals surface area contributed by atoms with Gasteiger partial charge in [-0.2, -0.15) is 0 Å². The van der Waals surface area contributed by atoms with Gasteiger partial charge in [0.1, 0.15) is 0 Å². The van der Waals surface area contributed by atoms with Crippen LogP contribution in [-0.2, 0) is 11.2 Å². The van der Waals surface area contributed by atoms with Gasteiger partial charge >= 0.3 is 0 Å². The predicted molar refractivity (Wildman–Crippen MR) is 102 cm³/mol. The van der Waals surface area contributed by atoms with E-state index < -0.39 is 11.6 Å². The largest absolute Gasteiger partial charge is 0.349 e. The van der Waals surface area contributed by atoms with Crippen molar-refractivity contribution in [2.24, 2.45) is 5.92 Å². The highest BCUT2D eigenvalue weighted by Gasteiger charge is 2.34. The van der Waals surface area contributed by atoms with Crippen LogP contribution in [0.2, 0.25) is 0 Å². The minimum absolute atomic E-state index is 0.0238. The van der Waals surface area contributed by atoms with Crippen LogP contribution in [0.3, 0.4) is 0 Å². The molecule has 8 heteroatoms. The van der Waals surface area contributed by atoms with E-state index in [0.717, 1.165) is 17.6 Å². The molecule has 1 atom stereocenters. The van der Waals surface area contributed by atoms with Crippen LogP contribution < -0.4 is 5.32 Å². The van der Waals surface area contributed by atoms with E-state index >= 15 is 0 Å². The summed E-state index contributed by atoms with van der Waals surface area (Å²) in [7, 11) is 0. The van der Waals surface area contributed by atoms with Crippen molar-refractivity contribution in [1.82, 2.24) is 19.6 Å². The van der Waals surface area contributed by atoms with Crippen LogP contribution in [0.1, 0.15) is 22.8 Å².